The number of aryl methyl sites for hydroxylation is 2. The van der Waals surface area contributed by atoms with Crippen LogP contribution in [0.5, 0.6) is 0 Å². The highest BCUT2D eigenvalue weighted by Crippen LogP contribution is 2.25. The predicted molar refractivity (Wildman–Crippen MR) is 88.7 cm³/mol. The summed E-state index contributed by atoms with van der Waals surface area (Å²) in [4.78, 5) is 18.6. The molecule has 2 heterocycles. The minimum Gasteiger partial charge on any atom is -0.440 e. The highest BCUT2D eigenvalue weighted by Gasteiger charge is 2.25. The summed E-state index contributed by atoms with van der Waals surface area (Å²) in [7, 11) is 0. The molecule has 122 valence electrons. The summed E-state index contributed by atoms with van der Waals surface area (Å²) < 4.78 is 5.85. The second kappa shape index (κ2) is 6.96. The summed E-state index contributed by atoms with van der Waals surface area (Å²) in [6, 6.07) is 9.92. The van der Waals surface area contributed by atoms with Crippen LogP contribution >= 0.6 is 0 Å². The molecule has 1 aromatic heterocycles. The van der Waals surface area contributed by atoms with Crippen LogP contribution in [0, 0.1) is 12.8 Å². The van der Waals surface area contributed by atoms with E-state index in [1.807, 2.05) is 42.2 Å². The zero-order valence-corrected chi connectivity index (χ0v) is 13.5. The van der Waals surface area contributed by atoms with Gasteiger partial charge in [-0.2, -0.15) is 0 Å². The third-order valence-corrected chi connectivity index (χ3v) is 4.40. The third-order valence-electron chi connectivity index (χ3n) is 4.40. The second-order valence-corrected chi connectivity index (χ2v) is 6.12. The Kier molecular flexibility index (Phi) is 4.76. The van der Waals surface area contributed by atoms with E-state index < -0.39 is 0 Å². The van der Waals surface area contributed by atoms with Gasteiger partial charge in [0.2, 0.25) is 5.91 Å². The van der Waals surface area contributed by atoms with Crippen molar-refractivity contribution in [3.63, 3.8) is 0 Å². The second-order valence-electron chi connectivity index (χ2n) is 6.12. The molecule has 0 saturated carbocycles. The molecule has 1 aromatic carbocycles. The van der Waals surface area contributed by atoms with Gasteiger partial charge in [0.25, 0.3) is 0 Å². The molecule has 0 spiro atoms. The average molecular weight is 313 g/mol. The van der Waals surface area contributed by atoms with E-state index in [4.69, 9.17) is 10.2 Å². The van der Waals surface area contributed by atoms with E-state index in [9.17, 15) is 4.79 Å². The fraction of sp³-hybridized carbons (Fsp3) is 0.444. The van der Waals surface area contributed by atoms with Crippen molar-refractivity contribution in [3.8, 4) is 11.3 Å². The molecule has 1 atom stereocenters. The Balaban J connectivity index is 1.60. The molecule has 0 radical (unpaired) electrons. The highest BCUT2D eigenvalue weighted by atomic mass is 16.4. The Labute approximate surface area is 136 Å². The van der Waals surface area contributed by atoms with E-state index in [1.54, 1.807) is 0 Å². The number of oxazole rings is 1. The van der Waals surface area contributed by atoms with Gasteiger partial charge in [0.05, 0.1) is 5.69 Å². The first-order valence-electron chi connectivity index (χ1n) is 8.17. The molecule has 2 aromatic rings. The molecule has 5 nitrogen and oxygen atoms in total. The van der Waals surface area contributed by atoms with E-state index in [-0.39, 0.29) is 5.91 Å². The maximum Gasteiger partial charge on any atom is 0.223 e. The summed E-state index contributed by atoms with van der Waals surface area (Å²) in [5, 5.41) is 0. The van der Waals surface area contributed by atoms with Gasteiger partial charge < -0.3 is 15.1 Å². The van der Waals surface area contributed by atoms with Gasteiger partial charge in [-0.3, -0.25) is 4.79 Å². The number of carbonyl (C=O) groups excluding carboxylic acids is 1. The van der Waals surface area contributed by atoms with Crippen molar-refractivity contribution in [2.24, 2.45) is 11.7 Å². The number of carbonyl (C=O) groups is 1. The Hall–Kier alpha value is -2.14. The zero-order chi connectivity index (χ0) is 16.2. The Morgan fingerprint density at radius 1 is 1.39 bits per heavy atom. The molecular formula is C18H23N3O2. The van der Waals surface area contributed by atoms with E-state index in [1.165, 1.54) is 0 Å². The lowest BCUT2D eigenvalue weighted by Crippen LogP contribution is -2.30. The number of nitrogens with two attached hydrogens (primary N) is 1. The van der Waals surface area contributed by atoms with Gasteiger partial charge in [-0.15, -0.1) is 0 Å². The van der Waals surface area contributed by atoms with Gasteiger partial charge in [-0.25, -0.2) is 4.98 Å². The van der Waals surface area contributed by atoms with Crippen LogP contribution in [0.2, 0.25) is 0 Å². The number of hydrogen-bond donors (Lipinski definition) is 1. The lowest BCUT2D eigenvalue weighted by atomic mass is 10.1. The lowest BCUT2D eigenvalue weighted by molar-refractivity contribution is -0.130. The van der Waals surface area contributed by atoms with Crippen LogP contribution in [-0.4, -0.2) is 35.4 Å². The Morgan fingerprint density at radius 3 is 2.87 bits per heavy atom. The predicted octanol–water partition coefficient (Wildman–Crippen LogP) is 2.39. The zero-order valence-electron chi connectivity index (χ0n) is 13.5. The van der Waals surface area contributed by atoms with Crippen molar-refractivity contribution in [1.29, 1.82) is 0 Å². The summed E-state index contributed by atoms with van der Waals surface area (Å²) >= 11 is 0. The highest BCUT2D eigenvalue weighted by molar-refractivity contribution is 5.76. The average Bonchev–Trinajstić information content (AvgIpc) is 3.20. The van der Waals surface area contributed by atoms with Crippen molar-refractivity contribution in [1.82, 2.24) is 9.88 Å². The summed E-state index contributed by atoms with van der Waals surface area (Å²) in [6.07, 6.45) is 1.99. The Bertz CT molecular complexity index is 666. The van der Waals surface area contributed by atoms with Crippen LogP contribution in [-0.2, 0) is 11.2 Å². The van der Waals surface area contributed by atoms with Gasteiger partial charge in [-0.05, 0) is 25.8 Å². The molecule has 1 unspecified atom stereocenters. The van der Waals surface area contributed by atoms with Gasteiger partial charge in [-0.1, -0.05) is 30.3 Å². The normalized spacial score (nSPS) is 17.7. The number of likely N-dealkylation sites (tertiary alicyclic amines) is 1. The lowest BCUT2D eigenvalue weighted by Gasteiger charge is -2.15. The molecule has 3 rings (SSSR count). The van der Waals surface area contributed by atoms with Gasteiger partial charge in [0.1, 0.15) is 0 Å². The summed E-state index contributed by atoms with van der Waals surface area (Å²) in [6.45, 7) is 4.20. The molecule has 1 aliphatic heterocycles. The van der Waals surface area contributed by atoms with Crippen LogP contribution in [0.3, 0.4) is 0 Å². The minimum absolute atomic E-state index is 0.165. The standard InChI is InChI=1S/C18H23N3O2/c1-13-18(15-5-3-2-4-6-15)23-16(20-13)7-8-17(22)21-10-9-14(11-19)12-21/h2-6,14H,7-12,19H2,1H3. The maximum absolute atomic E-state index is 12.3. The summed E-state index contributed by atoms with van der Waals surface area (Å²) in [5.74, 6) is 2.03. The number of aromatic nitrogens is 1. The van der Waals surface area contributed by atoms with Crippen LogP contribution in [0.4, 0.5) is 0 Å². The molecule has 5 heteroatoms. The van der Waals surface area contributed by atoms with E-state index in [0.29, 0.717) is 31.2 Å². The molecular weight excluding hydrogens is 290 g/mol. The van der Waals surface area contributed by atoms with Crippen LogP contribution in [0.25, 0.3) is 11.3 Å². The van der Waals surface area contributed by atoms with E-state index >= 15 is 0 Å². The maximum atomic E-state index is 12.3. The molecule has 1 saturated heterocycles. The fourth-order valence-corrected chi connectivity index (χ4v) is 3.04. The monoisotopic (exact) mass is 313 g/mol. The van der Waals surface area contributed by atoms with Crippen molar-refractivity contribution < 1.29 is 9.21 Å². The van der Waals surface area contributed by atoms with Crippen molar-refractivity contribution in [3.05, 3.63) is 41.9 Å². The van der Waals surface area contributed by atoms with Crippen LogP contribution in [0.15, 0.2) is 34.7 Å². The first-order chi connectivity index (χ1) is 11.2. The molecule has 1 aliphatic rings. The van der Waals surface area contributed by atoms with Crippen molar-refractivity contribution in [2.75, 3.05) is 19.6 Å². The topological polar surface area (TPSA) is 72.4 Å². The number of hydrogen-bond acceptors (Lipinski definition) is 4. The van der Waals surface area contributed by atoms with Crippen LogP contribution < -0.4 is 5.73 Å². The van der Waals surface area contributed by atoms with Crippen molar-refractivity contribution >= 4 is 5.91 Å². The minimum atomic E-state index is 0.165. The summed E-state index contributed by atoms with van der Waals surface area (Å²) in [5.41, 5.74) is 7.55. The molecule has 2 N–H and O–H groups in total. The number of nitrogens with zero attached hydrogens (tertiary/aromatic N) is 2. The van der Waals surface area contributed by atoms with Gasteiger partial charge in [0.15, 0.2) is 11.7 Å². The molecule has 0 aliphatic carbocycles. The first-order valence-corrected chi connectivity index (χ1v) is 8.17. The number of benzene rings is 1. The van der Waals surface area contributed by atoms with E-state index in [0.717, 1.165) is 36.5 Å². The van der Waals surface area contributed by atoms with Crippen LogP contribution in [0.1, 0.15) is 24.4 Å². The quantitative estimate of drug-likeness (QED) is 0.920. The fourth-order valence-electron chi connectivity index (χ4n) is 3.04. The third kappa shape index (κ3) is 3.62. The number of rotatable bonds is 5. The van der Waals surface area contributed by atoms with Crippen molar-refractivity contribution in [2.45, 2.75) is 26.2 Å². The first kappa shape index (κ1) is 15.7. The SMILES string of the molecule is Cc1nc(CCC(=O)N2CCC(CN)C2)oc1-c1ccccc1. The van der Waals surface area contributed by atoms with Gasteiger partial charge in [0, 0.05) is 31.5 Å². The molecule has 1 fully saturated rings. The molecule has 1 amide bonds. The smallest absolute Gasteiger partial charge is 0.223 e. The number of amides is 1. The largest absolute Gasteiger partial charge is 0.440 e. The van der Waals surface area contributed by atoms with Gasteiger partial charge >= 0.3 is 0 Å². The molecule has 23 heavy (non-hydrogen) atoms. The van der Waals surface area contributed by atoms with E-state index in [2.05, 4.69) is 4.98 Å². The molecule has 0 bridgehead atoms. The Morgan fingerprint density at radius 2 is 2.17 bits per heavy atom.